The number of aliphatic carboxylic acids is 1. The van der Waals surface area contributed by atoms with E-state index in [1.165, 1.54) is 11.1 Å². The third kappa shape index (κ3) is 4.77. The highest BCUT2D eigenvalue weighted by Gasteiger charge is 2.42. The number of nitrogens with one attached hydrogen (secondary N) is 2. The summed E-state index contributed by atoms with van der Waals surface area (Å²) in [6.45, 7) is 2.61. The molecule has 32 heavy (non-hydrogen) atoms. The van der Waals surface area contributed by atoms with Crippen molar-refractivity contribution in [2.75, 3.05) is 19.7 Å². The van der Waals surface area contributed by atoms with Crippen LogP contribution in [0.4, 0.5) is 4.79 Å². The average molecular weight is 437 g/mol. The topological polar surface area (TPSA) is 105 Å². The third-order valence-corrected chi connectivity index (χ3v) is 6.41. The van der Waals surface area contributed by atoms with Gasteiger partial charge in [-0.2, -0.15) is 0 Å². The van der Waals surface area contributed by atoms with E-state index in [1.54, 1.807) is 6.92 Å². The Morgan fingerprint density at radius 3 is 2.28 bits per heavy atom. The minimum Gasteiger partial charge on any atom is -0.481 e. The van der Waals surface area contributed by atoms with Gasteiger partial charge in [0.25, 0.3) is 0 Å². The summed E-state index contributed by atoms with van der Waals surface area (Å²) in [6, 6.07) is 16.4. The molecule has 0 aromatic heterocycles. The second-order valence-electron chi connectivity index (χ2n) is 8.63. The fourth-order valence-electron chi connectivity index (χ4n) is 4.32. The molecule has 3 atom stereocenters. The molecule has 0 aliphatic heterocycles. The highest BCUT2D eigenvalue weighted by atomic mass is 16.5. The number of carboxylic acids is 1. The largest absolute Gasteiger partial charge is 0.481 e. The summed E-state index contributed by atoms with van der Waals surface area (Å²) in [5.74, 6) is -1.46. The van der Waals surface area contributed by atoms with Crippen molar-refractivity contribution in [3.63, 3.8) is 0 Å². The first-order chi connectivity index (χ1) is 15.5. The van der Waals surface area contributed by atoms with Crippen LogP contribution in [0.15, 0.2) is 48.5 Å². The standard InChI is InChI=1S/C25H28N2O5/c1-15(24(29)30)10-11-26-23(28)21-12-16(21)13-27-25(31)32-14-22-19-8-4-2-6-17(19)18-7-3-5-9-20(18)22/h2-9,15-16,21-22H,10-14H2,1H3,(H,26,28)(H,27,31)(H,29,30)/t15?,16-,21-/m1/s1. The van der Waals surface area contributed by atoms with Crippen LogP contribution in [0.25, 0.3) is 11.1 Å². The Morgan fingerprint density at radius 1 is 1.03 bits per heavy atom. The predicted molar refractivity (Wildman–Crippen MR) is 119 cm³/mol. The minimum atomic E-state index is -0.865. The van der Waals surface area contributed by atoms with E-state index in [0.29, 0.717) is 25.9 Å². The second kappa shape index (κ2) is 9.42. The number of alkyl carbamates (subject to hydrolysis) is 1. The summed E-state index contributed by atoms with van der Waals surface area (Å²) in [4.78, 5) is 35.2. The van der Waals surface area contributed by atoms with Gasteiger partial charge in [0.05, 0.1) is 5.92 Å². The zero-order valence-corrected chi connectivity index (χ0v) is 18.0. The summed E-state index contributed by atoms with van der Waals surface area (Å²) < 4.78 is 5.52. The quantitative estimate of drug-likeness (QED) is 0.559. The highest BCUT2D eigenvalue weighted by molar-refractivity contribution is 5.82. The molecule has 2 aliphatic carbocycles. The van der Waals surface area contributed by atoms with Crippen molar-refractivity contribution < 1.29 is 24.2 Å². The van der Waals surface area contributed by atoms with Crippen molar-refractivity contribution in [3.8, 4) is 11.1 Å². The summed E-state index contributed by atoms with van der Waals surface area (Å²) in [5.41, 5.74) is 4.69. The van der Waals surface area contributed by atoms with Gasteiger partial charge < -0.3 is 20.5 Å². The monoisotopic (exact) mass is 436 g/mol. The summed E-state index contributed by atoms with van der Waals surface area (Å²) in [5, 5.41) is 14.4. The summed E-state index contributed by atoms with van der Waals surface area (Å²) in [7, 11) is 0. The van der Waals surface area contributed by atoms with Crippen molar-refractivity contribution in [1.82, 2.24) is 10.6 Å². The van der Waals surface area contributed by atoms with Gasteiger partial charge in [0.15, 0.2) is 0 Å². The van der Waals surface area contributed by atoms with Crippen LogP contribution in [0.5, 0.6) is 0 Å². The van der Waals surface area contributed by atoms with Crippen LogP contribution in [0.2, 0.25) is 0 Å². The molecule has 0 saturated heterocycles. The number of carbonyl (C=O) groups excluding carboxylic acids is 2. The average Bonchev–Trinajstić information content (AvgIpc) is 3.51. The lowest BCUT2D eigenvalue weighted by Gasteiger charge is -2.14. The van der Waals surface area contributed by atoms with E-state index in [-0.39, 0.29) is 30.3 Å². The fraction of sp³-hybridized carbons (Fsp3) is 0.400. The van der Waals surface area contributed by atoms with Crippen LogP contribution in [-0.4, -0.2) is 42.8 Å². The van der Waals surface area contributed by atoms with E-state index >= 15 is 0 Å². The Bertz CT molecular complexity index is 975. The number of hydrogen-bond donors (Lipinski definition) is 3. The van der Waals surface area contributed by atoms with Gasteiger partial charge >= 0.3 is 12.1 Å². The maximum Gasteiger partial charge on any atom is 0.407 e. The summed E-state index contributed by atoms with van der Waals surface area (Å²) in [6.07, 6.45) is 0.633. The number of hydrogen-bond acceptors (Lipinski definition) is 4. The molecule has 0 bridgehead atoms. The number of benzene rings is 2. The Balaban J connectivity index is 1.20. The lowest BCUT2D eigenvalue weighted by atomic mass is 9.98. The fourth-order valence-corrected chi connectivity index (χ4v) is 4.32. The molecular weight excluding hydrogens is 408 g/mol. The Hall–Kier alpha value is -3.35. The Morgan fingerprint density at radius 2 is 1.66 bits per heavy atom. The molecular formula is C25H28N2O5. The molecule has 168 valence electrons. The van der Waals surface area contributed by atoms with E-state index in [4.69, 9.17) is 9.84 Å². The minimum absolute atomic E-state index is 0.0146. The molecule has 7 nitrogen and oxygen atoms in total. The first kappa shape index (κ1) is 21.9. The summed E-state index contributed by atoms with van der Waals surface area (Å²) >= 11 is 0. The molecule has 2 amide bonds. The number of ether oxygens (including phenoxy) is 1. The molecule has 1 saturated carbocycles. The van der Waals surface area contributed by atoms with Crippen LogP contribution in [0, 0.1) is 17.8 Å². The van der Waals surface area contributed by atoms with Crippen LogP contribution in [0.1, 0.15) is 36.8 Å². The zero-order chi connectivity index (χ0) is 22.7. The first-order valence-corrected chi connectivity index (χ1v) is 11.0. The number of carboxylic acid groups (broad SMARTS) is 1. The number of fused-ring (bicyclic) bond motifs is 3. The van der Waals surface area contributed by atoms with Crippen LogP contribution in [0.3, 0.4) is 0 Å². The smallest absolute Gasteiger partial charge is 0.407 e. The molecule has 0 spiro atoms. The molecule has 3 N–H and O–H groups in total. The molecule has 1 fully saturated rings. The van der Waals surface area contributed by atoms with Gasteiger partial charge in [-0.3, -0.25) is 9.59 Å². The molecule has 7 heteroatoms. The van der Waals surface area contributed by atoms with Gasteiger partial charge in [-0.25, -0.2) is 4.79 Å². The van der Waals surface area contributed by atoms with Crippen LogP contribution < -0.4 is 10.6 Å². The van der Waals surface area contributed by atoms with Crippen molar-refractivity contribution in [2.45, 2.75) is 25.7 Å². The van der Waals surface area contributed by atoms with Crippen molar-refractivity contribution in [3.05, 3.63) is 59.7 Å². The van der Waals surface area contributed by atoms with Gasteiger partial charge in [0.2, 0.25) is 5.91 Å². The SMILES string of the molecule is CC(CCNC(=O)[C@@H]1C[C@@H]1CNC(=O)OCC1c2ccccc2-c2ccccc21)C(=O)O. The number of rotatable bonds is 9. The number of carbonyl (C=O) groups is 3. The molecule has 4 rings (SSSR count). The van der Waals surface area contributed by atoms with Gasteiger partial charge in [0.1, 0.15) is 6.61 Å². The van der Waals surface area contributed by atoms with E-state index in [9.17, 15) is 14.4 Å². The molecule has 0 heterocycles. The molecule has 2 aromatic carbocycles. The van der Waals surface area contributed by atoms with E-state index < -0.39 is 18.0 Å². The van der Waals surface area contributed by atoms with Gasteiger partial charge in [0, 0.05) is 24.9 Å². The molecule has 2 aromatic rings. The lowest BCUT2D eigenvalue weighted by Crippen LogP contribution is -2.31. The second-order valence-corrected chi connectivity index (χ2v) is 8.63. The van der Waals surface area contributed by atoms with E-state index in [2.05, 4.69) is 34.9 Å². The normalized spacial score (nSPS) is 19.4. The predicted octanol–water partition coefficient (Wildman–Crippen LogP) is 3.39. The highest BCUT2D eigenvalue weighted by Crippen LogP contribution is 2.44. The maximum absolute atomic E-state index is 12.3. The zero-order valence-electron chi connectivity index (χ0n) is 18.0. The van der Waals surface area contributed by atoms with Gasteiger partial charge in [-0.05, 0) is 41.0 Å². The van der Waals surface area contributed by atoms with Crippen molar-refractivity contribution in [1.29, 1.82) is 0 Å². The maximum atomic E-state index is 12.3. The van der Waals surface area contributed by atoms with Gasteiger partial charge in [-0.1, -0.05) is 55.5 Å². The van der Waals surface area contributed by atoms with Gasteiger partial charge in [-0.15, -0.1) is 0 Å². The van der Waals surface area contributed by atoms with Crippen LogP contribution >= 0.6 is 0 Å². The molecule has 2 aliphatic rings. The first-order valence-electron chi connectivity index (χ1n) is 11.0. The third-order valence-electron chi connectivity index (χ3n) is 6.41. The molecule has 1 unspecified atom stereocenters. The molecule has 0 radical (unpaired) electrons. The van der Waals surface area contributed by atoms with Crippen molar-refractivity contribution in [2.24, 2.45) is 17.8 Å². The van der Waals surface area contributed by atoms with E-state index in [0.717, 1.165) is 11.1 Å². The number of amides is 2. The van der Waals surface area contributed by atoms with Crippen LogP contribution in [-0.2, 0) is 14.3 Å². The Kier molecular flexibility index (Phi) is 6.44. The Labute approximate surface area is 187 Å². The van der Waals surface area contributed by atoms with E-state index in [1.807, 2.05) is 24.3 Å². The lowest BCUT2D eigenvalue weighted by molar-refractivity contribution is -0.141. The van der Waals surface area contributed by atoms with Crippen molar-refractivity contribution >= 4 is 18.0 Å².